The number of anilines is 1. The predicted molar refractivity (Wildman–Crippen MR) is 156 cm³/mol. The Morgan fingerprint density at radius 2 is 2.00 bits per heavy atom. The van der Waals surface area contributed by atoms with E-state index in [1.807, 2.05) is 55.6 Å². The van der Waals surface area contributed by atoms with Gasteiger partial charge in [0.25, 0.3) is 0 Å². The third kappa shape index (κ3) is 6.25. The molecule has 10 heteroatoms. The molecule has 5 rings (SSSR count). The van der Waals surface area contributed by atoms with Gasteiger partial charge in [0.2, 0.25) is 11.8 Å². The minimum absolute atomic E-state index is 0.0312. The molecule has 1 aliphatic rings. The van der Waals surface area contributed by atoms with Crippen LogP contribution in [0.4, 0.5) is 5.69 Å². The smallest absolute Gasteiger partial charge is 0.223 e. The normalized spacial score (nSPS) is 15.2. The zero-order chi connectivity index (χ0) is 27.5. The van der Waals surface area contributed by atoms with Crippen molar-refractivity contribution in [1.29, 1.82) is 0 Å². The van der Waals surface area contributed by atoms with Crippen LogP contribution in [0.1, 0.15) is 53.8 Å². The number of likely N-dealkylation sites (tertiary alicyclic amines) is 1. The van der Waals surface area contributed by atoms with Crippen molar-refractivity contribution < 1.29 is 9.59 Å². The topological polar surface area (TPSA) is 83.4 Å². The third-order valence-electron chi connectivity index (χ3n) is 7.17. The van der Waals surface area contributed by atoms with Crippen molar-refractivity contribution in [2.45, 2.75) is 51.7 Å². The molecule has 39 heavy (non-hydrogen) atoms. The number of thiazole rings is 1. The van der Waals surface area contributed by atoms with Crippen LogP contribution in [0.25, 0.3) is 11.0 Å². The molecule has 1 saturated heterocycles. The highest BCUT2D eigenvalue weighted by molar-refractivity contribution is 7.09. The molecule has 2 aromatic heterocycles. The standard InChI is InChI=1S/C29H33ClN6O2S/c1-19-32-24-15-21(30)9-10-26(24)36(19)17-22-18-39-28(33-22)16-31-27(37)11-12-29(38)35-13-5-8-25(35)20-6-4-7-23(14-20)34(2)3/h4,6-7,9-10,14-15,18,25H,5,8,11-13,16-17H2,1-3H3,(H,31,37). The second kappa shape index (κ2) is 11.8. The second-order valence-electron chi connectivity index (χ2n) is 10.1. The summed E-state index contributed by atoms with van der Waals surface area (Å²) in [6.07, 6.45) is 2.29. The average molecular weight is 565 g/mol. The van der Waals surface area contributed by atoms with Crippen LogP contribution in [0, 0.1) is 6.92 Å². The van der Waals surface area contributed by atoms with Crippen LogP contribution in [0.5, 0.6) is 0 Å². The number of nitrogens with one attached hydrogen (secondary N) is 1. The fraction of sp³-hybridized carbons (Fsp3) is 0.379. The van der Waals surface area contributed by atoms with Crippen molar-refractivity contribution in [3.8, 4) is 0 Å². The zero-order valence-electron chi connectivity index (χ0n) is 22.5. The Kier molecular flexibility index (Phi) is 8.18. The van der Waals surface area contributed by atoms with Crippen LogP contribution in [0.3, 0.4) is 0 Å². The molecule has 0 bridgehead atoms. The summed E-state index contributed by atoms with van der Waals surface area (Å²) in [5.41, 5.74) is 5.05. The van der Waals surface area contributed by atoms with E-state index in [0.717, 1.165) is 58.2 Å². The molecule has 2 amide bonds. The van der Waals surface area contributed by atoms with E-state index in [1.54, 1.807) is 0 Å². The Hall–Kier alpha value is -3.43. The highest BCUT2D eigenvalue weighted by Gasteiger charge is 2.30. The third-order valence-corrected chi connectivity index (χ3v) is 8.30. The fourth-order valence-corrected chi connectivity index (χ4v) is 6.03. The van der Waals surface area contributed by atoms with Crippen LogP contribution < -0.4 is 10.2 Å². The number of amides is 2. The number of aryl methyl sites for hydroxylation is 1. The van der Waals surface area contributed by atoms with Crippen LogP contribution in [0.15, 0.2) is 47.8 Å². The molecule has 1 aliphatic heterocycles. The summed E-state index contributed by atoms with van der Waals surface area (Å²) in [5.74, 6) is 0.785. The first-order valence-corrected chi connectivity index (χ1v) is 14.4. The molecule has 0 saturated carbocycles. The zero-order valence-corrected chi connectivity index (χ0v) is 24.1. The molecule has 0 aliphatic carbocycles. The van der Waals surface area contributed by atoms with Gasteiger partial charge >= 0.3 is 0 Å². The first kappa shape index (κ1) is 27.1. The molecule has 8 nitrogen and oxygen atoms in total. The molecule has 1 fully saturated rings. The molecule has 4 aromatic rings. The number of nitrogens with zero attached hydrogens (tertiary/aromatic N) is 5. The summed E-state index contributed by atoms with van der Waals surface area (Å²) in [7, 11) is 4.03. The van der Waals surface area contributed by atoms with Gasteiger partial charge in [-0.15, -0.1) is 11.3 Å². The van der Waals surface area contributed by atoms with Gasteiger partial charge in [0.1, 0.15) is 10.8 Å². The number of halogens is 1. The largest absolute Gasteiger partial charge is 0.378 e. The van der Waals surface area contributed by atoms with Gasteiger partial charge in [-0.3, -0.25) is 9.59 Å². The monoisotopic (exact) mass is 564 g/mol. The summed E-state index contributed by atoms with van der Waals surface area (Å²) < 4.78 is 2.11. The number of fused-ring (bicyclic) bond motifs is 1. The van der Waals surface area contributed by atoms with Crippen molar-refractivity contribution in [1.82, 2.24) is 24.8 Å². The summed E-state index contributed by atoms with van der Waals surface area (Å²) in [6, 6.07) is 14.1. The van der Waals surface area contributed by atoms with E-state index in [2.05, 4.69) is 38.0 Å². The van der Waals surface area contributed by atoms with Gasteiger partial charge in [-0.1, -0.05) is 23.7 Å². The molecular formula is C29H33ClN6O2S. The van der Waals surface area contributed by atoms with Crippen LogP contribution >= 0.6 is 22.9 Å². The summed E-state index contributed by atoms with van der Waals surface area (Å²) in [5, 5.41) is 6.42. The second-order valence-corrected chi connectivity index (χ2v) is 11.5. The predicted octanol–water partition coefficient (Wildman–Crippen LogP) is 5.33. The van der Waals surface area contributed by atoms with E-state index >= 15 is 0 Å². The fourth-order valence-electron chi connectivity index (χ4n) is 5.14. The molecule has 0 radical (unpaired) electrons. The maximum Gasteiger partial charge on any atom is 0.223 e. The molecule has 1 N–H and O–H groups in total. The summed E-state index contributed by atoms with van der Waals surface area (Å²) in [6.45, 7) is 3.64. The molecule has 0 spiro atoms. The Morgan fingerprint density at radius 1 is 1.15 bits per heavy atom. The summed E-state index contributed by atoms with van der Waals surface area (Å²) >= 11 is 7.62. The number of benzene rings is 2. The highest BCUT2D eigenvalue weighted by atomic mass is 35.5. The Balaban J connectivity index is 1.12. The SMILES string of the molecule is Cc1nc2cc(Cl)ccc2n1Cc1csc(CNC(=O)CCC(=O)N2CCCC2c2cccc(N(C)C)c2)n1. The van der Waals surface area contributed by atoms with Gasteiger partial charge in [-0.05, 0) is 55.7 Å². The average Bonchev–Trinajstić information content (AvgIpc) is 3.65. The number of hydrogen-bond donors (Lipinski definition) is 1. The van der Waals surface area contributed by atoms with Gasteiger partial charge in [-0.2, -0.15) is 0 Å². The highest BCUT2D eigenvalue weighted by Crippen LogP contribution is 2.34. The van der Waals surface area contributed by atoms with Gasteiger partial charge in [0.05, 0.1) is 35.9 Å². The van der Waals surface area contributed by atoms with Gasteiger partial charge in [0.15, 0.2) is 0 Å². The Morgan fingerprint density at radius 3 is 2.82 bits per heavy atom. The molecule has 1 atom stereocenters. The van der Waals surface area contributed by atoms with Crippen molar-refractivity contribution in [2.75, 3.05) is 25.5 Å². The van der Waals surface area contributed by atoms with Crippen LogP contribution in [0.2, 0.25) is 5.02 Å². The van der Waals surface area contributed by atoms with Crippen LogP contribution in [-0.2, 0) is 22.7 Å². The lowest BCUT2D eigenvalue weighted by Crippen LogP contribution is -2.32. The van der Waals surface area contributed by atoms with Crippen molar-refractivity contribution in [2.24, 2.45) is 0 Å². The number of hydrogen-bond acceptors (Lipinski definition) is 6. The van der Waals surface area contributed by atoms with E-state index in [0.29, 0.717) is 18.1 Å². The Labute approximate surface area is 237 Å². The van der Waals surface area contributed by atoms with Gasteiger partial charge in [-0.25, -0.2) is 9.97 Å². The first-order chi connectivity index (χ1) is 18.8. The maximum absolute atomic E-state index is 13.0. The van der Waals surface area contributed by atoms with Crippen molar-refractivity contribution in [3.05, 3.63) is 75.0 Å². The quantitative estimate of drug-likeness (QED) is 0.297. The number of aromatic nitrogens is 3. The number of carbonyl (C=O) groups is 2. The van der Waals surface area contributed by atoms with E-state index < -0.39 is 0 Å². The molecule has 2 aromatic carbocycles. The van der Waals surface area contributed by atoms with E-state index in [1.165, 1.54) is 11.3 Å². The number of imidazole rings is 1. The van der Waals surface area contributed by atoms with E-state index in [4.69, 9.17) is 16.6 Å². The summed E-state index contributed by atoms with van der Waals surface area (Å²) in [4.78, 5) is 38.9. The minimum Gasteiger partial charge on any atom is -0.378 e. The van der Waals surface area contributed by atoms with Crippen LogP contribution in [-0.4, -0.2) is 51.9 Å². The lowest BCUT2D eigenvalue weighted by Gasteiger charge is -2.26. The van der Waals surface area contributed by atoms with Crippen molar-refractivity contribution >= 4 is 51.5 Å². The molecule has 204 valence electrons. The number of rotatable bonds is 9. The van der Waals surface area contributed by atoms with Gasteiger partial charge in [0, 0.05) is 49.6 Å². The maximum atomic E-state index is 13.0. The lowest BCUT2D eigenvalue weighted by atomic mass is 10.0. The van der Waals surface area contributed by atoms with Gasteiger partial charge < -0.3 is 19.7 Å². The lowest BCUT2D eigenvalue weighted by molar-refractivity contribution is -0.134. The minimum atomic E-state index is -0.140. The molecular weight excluding hydrogens is 532 g/mol. The first-order valence-electron chi connectivity index (χ1n) is 13.2. The Bertz CT molecular complexity index is 1500. The number of carbonyl (C=O) groups excluding carboxylic acids is 2. The van der Waals surface area contributed by atoms with E-state index in [9.17, 15) is 9.59 Å². The van der Waals surface area contributed by atoms with Crippen molar-refractivity contribution in [3.63, 3.8) is 0 Å². The molecule has 3 heterocycles. The molecule has 1 unspecified atom stereocenters. The van der Waals surface area contributed by atoms with E-state index in [-0.39, 0.29) is 30.7 Å².